The number of rotatable bonds is 4. The molecule has 0 N–H and O–H groups in total. The highest BCUT2D eigenvalue weighted by Crippen LogP contribution is 2.42. The van der Waals surface area contributed by atoms with Gasteiger partial charge in [-0.3, -0.25) is 9.69 Å². The van der Waals surface area contributed by atoms with Gasteiger partial charge in [0.05, 0.1) is 6.67 Å². The van der Waals surface area contributed by atoms with E-state index in [-0.39, 0.29) is 17.8 Å². The second kappa shape index (κ2) is 9.00. The van der Waals surface area contributed by atoms with Crippen LogP contribution in [0.3, 0.4) is 0 Å². The van der Waals surface area contributed by atoms with E-state index in [2.05, 4.69) is 54.0 Å². The number of halogens is 1. The fourth-order valence-electron chi connectivity index (χ4n) is 5.16. The Morgan fingerprint density at radius 3 is 2.46 bits per heavy atom. The summed E-state index contributed by atoms with van der Waals surface area (Å²) in [5.41, 5.74) is 4.01. The van der Waals surface area contributed by atoms with Crippen LogP contribution in [0.15, 0.2) is 41.6 Å². The quantitative estimate of drug-likeness (QED) is 0.691. The van der Waals surface area contributed by atoms with E-state index < -0.39 is 0 Å². The van der Waals surface area contributed by atoms with Gasteiger partial charge in [0.2, 0.25) is 0 Å². The largest absolute Gasteiger partial charge is 0.358 e. The third-order valence-corrected chi connectivity index (χ3v) is 6.63. The van der Waals surface area contributed by atoms with Crippen molar-refractivity contribution >= 4 is 18.2 Å². The molecular weight excluding hydrogens is 368 g/mol. The van der Waals surface area contributed by atoms with Crippen LogP contribution < -0.4 is 0 Å². The predicted molar refractivity (Wildman–Crippen MR) is 118 cm³/mol. The first-order valence-corrected chi connectivity index (χ1v) is 10.8. The smallest absolute Gasteiger partial charge is 0.162 e. The van der Waals surface area contributed by atoms with E-state index in [0.717, 1.165) is 38.2 Å². The fraction of sp³-hybridized carbons (Fsp3) is 0.625. The lowest BCUT2D eigenvalue weighted by molar-refractivity contribution is -0.119. The number of carbonyl (C=O) groups excluding carboxylic acids is 1. The van der Waals surface area contributed by atoms with Gasteiger partial charge in [0.1, 0.15) is 0 Å². The van der Waals surface area contributed by atoms with Crippen LogP contribution in [0.2, 0.25) is 0 Å². The highest BCUT2D eigenvalue weighted by molar-refractivity contribution is 5.98. The van der Waals surface area contributed by atoms with Crippen molar-refractivity contribution in [2.75, 3.05) is 19.8 Å². The molecule has 1 heterocycles. The first-order valence-electron chi connectivity index (χ1n) is 10.8. The zero-order chi connectivity index (χ0) is 18.9. The standard InChI is InChI=1S/C24H34N2O.ClH/c1-24(2)15-22-21(23(27)16-24)17-25(14-13-19-9-5-3-6-10-19)18-26(22)20-11-7-4-8-12-20;/h3,5-6,9-10,20H,4,7-8,11-18H2,1-2H3;1H. The van der Waals surface area contributed by atoms with Crippen molar-refractivity contribution in [3.8, 4) is 0 Å². The molecule has 0 radical (unpaired) electrons. The zero-order valence-electron chi connectivity index (χ0n) is 17.5. The number of hydrogen-bond acceptors (Lipinski definition) is 3. The van der Waals surface area contributed by atoms with Gasteiger partial charge in [-0.1, -0.05) is 63.4 Å². The number of carbonyl (C=O) groups is 1. The van der Waals surface area contributed by atoms with Crippen molar-refractivity contribution in [3.05, 3.63) is 47.2 Å². The fourth-order valence-corrected chi connectivity index (χ4v) is 5.16. The van der Waals surface area contributed by atoms with Crippen molar-refractivity contribution in [2.24, 2.45) is 5.41 Å². The molecule has 0 spiro atoms. The van der Waals surface area contributed by atoms with E-state index in [9.17, 15) is 4.79 Å². The lowest BCUT2D eigenvalue weighted by Crippen LogP contribution is -2.52. The third kappa shape index (κ3) is 4.80. The van der Waals surface area contributed by atoms with Crippen LogP contribution in [-0.4, -0.2) is 41.4 Å². The molecule has 1 aromatic carbocycles. The maximum Gasteiger partial charge on any atom is 0.162 e. The monoisotopic (exact) mass is 402 g/mol. The summed E-state index contributed by atoms with van der Waals surface area (Å²) in [4.78, 5) is 18.1. The molecule has 0 bridgehead atoms. The molecule has 0 aromatic heterocycles. The van der Waals surface area contributed by atoms with Gasteiger partial charge in [-0.25, -0.2) is 0 Å². The Kier molecular flexibility index (Phi) is 6.88. The minimum absolute atomic E-state index is 0. The summed E-state index contributed by atoms with van der Waals surface area (Å²) in [7, 11) is 0. The maximum atomic E-state index is 13.0. The number of benzene rings is 1. The topological polar surface area (TPSA) is 23.6 Å². The highest BCUT2D eigenvalue weighted by Gasteiger charge is 2.40. The Morgan fingerprint density at radius 1 is 1.04 bits per heavy atom. The van der Waals surface area contributed by atoms with Gasteiger partial charge >= 0.3 is 0 Å². The molecule has 0 atom stereocenters. The van der Waals surface area contributed by atoms with Crippen LogP contribution >= 0.6 is 12.4 Å². The van der Waals surface area contributed by atoms with E-state index in [0.29, 0.717) is 18.2 Å². The molecule has 0 amide bonds. The Hall–Kier alpha value is -1.32. The Bertz CT molecular complexity index is 707. The van der Waals surface area contributed by atoms with Crippen LogP contribution in [-0.2, 0) is 11.2 Å². The van der Waals surface area contributed by atoms with Crippen molar-refractivity contribution in [1.29, 1.82) is 0 Å². The van der Waals surface area contributed by atoms with E-state index in [1.54, 1.807) is 0 Å². The molecule has 0 saturated heterocycles. The number of allylic oxidation sites excluding steroid dienone is 1. The third-order valence-electron chi connectivity index (χ3n) is 6.63. The van der Waals surface area contributed by atoms with Crippen LogP contribution in [0.4, 0.5) is 0 Å². The van der Waals surface area contributed by atoms with Gasteiger partial charge in [-0.2, -0.15) is 0 Å². The minimum atomic E-state index is 0. The number of ketones is 1. The average molecular weight is 403 g/mol. The second-order valence-corrected chi connectivity index (χ2v) is 9.56. The van der Waals surface area contributed by atoms with Gasteiger partial charge in [0.15, 0.2) is 5.78 Å². The summed E-state index contributed by atoms with van der Waals surface area (Å²) in [6.07, 6.45) is 9.46. The van der Waals surface area contributed by atoms with E-state index in [1.165, 1.54) is 43.4 Å². The zero-order valence-corrected chi connectivity index (χ0v) is 18.3. The van der Waals surface area contributed by atoms with Crippen molar-refractivity contribution < 1.29 is 4.79 Å². The molecule has 1 aromatic rings. The minimum Gasteiger partial charge on any atom is -0.358 e. The first-order chi connectivity index (χ1) is 13.0. The second-order valence-electron chi connectivity index (χ2n) is 9.56. The van der Waals surface area contributed by atoms with Crippen molar-refractivity contribution in [1.82, 2.24) is 9.80 Å². The first kappa shape index (κ1) is 21.4. The molecule has 1 aliphatic heterocycles. The molecular formula is C24H35ClN2O. The number of nitrogens with zero attached hydrogens (tertiary/aromatic N) is 2. The molecule has 3 nitrogen and oxygen atoms in total. The summed E-state index contributed by atoms with van der Waals surface area (Å²) in [6.45, 7) is 7.39. The normalized spacial score (nSPS) is 23.4. The Balaban J connectivity index is 0.00000225. The molecule has 1 saturated carbocycles. The van der Waals surface area contributed by atoms with Gasteiger partial charge in [0, 0.05) is 36.8 Å². The summed E-state index contributed by atoms with van der Waals surface area (Å²) in [6, 6.07) is 11.4. The SMILES string of the molecule is CC1(C)CC(=O)C2=C(C1)N(C1CCCCC1)CN(CCc1ccccc1)C2.Cl. The lowest BCUT2D eigenvalue weighted by atomic mass is 9.74. The predicted octanol–water partition coefficient (Wildman–Crippen LogP) is 5.20. The molecule has 154 valence electrons. The molecule has 2 aliphatic carbocycles. The van der Waals surface area contributed by atoms with Gasteiger partial charge in [-0.15, -0.1) is 12.4 Å². The van der Waals surface area contributed by atoms with Crippen molar-refractivity contribution in [2.45, 2.75) is 71.3 Å². The number of Topliss-reactive ketones (excluding diaryl/α,β-unsaturated/α-hetero) is 1. The average Bonchev–Trinajstić information content (AvgIpc) is 2.67. The summed E-state index contributed by atoms with van der Waals surface area (Å²) < 4.78 is 0. The lowest BCUT2D eigenvalue weighted by Gasteiger charge is -2.49. The summed E-state index contributed by atoms with van der Waals surface area (Å²) in [5.74, 6) is 0.395. The Morgan fingerprint density at radius 2 is 1.75 bits per heavy atom. The van der Waals surface area contributed by atoms with E-state index >= 15 is 0 Å². The number of hydrogen-bond donors (Lipinski definition) is 0. The Labute approximate surface area is 176 Å². The van der Waals surface area contributed by atoms with Crippen LogP contribution in [0.25, 0.3) is 0 Å². The molecule has 1 fully saturated rings. The van der Waals surface area contributed by atoms with E-state index in [1.807, 2.05) is 0 Å². The van der Waals surface area contributed by atoms with Crippen LogP contribution in [0.1, 0.15) is 64.4 Å². The summed E-state index contributed by atoms with van der Waals surface area (Å²) >= 11 is 0. The molecule has 0 unspecified atom stereocenters. The van der Waals surface area contributed by atoms with Gasteiger partial charge in [-0.05, 0) is 36.7 Å². The maximum absolute atomic E-state index is 13.0. The molecule has 4 heteroatoms. The van der Waals surface area contributed by atoms with E-state index in [4.69, 9.17) is 0 Å². The molecule has 28 heavy (non-hydrogen) atoms. The van der Waals surface area contributed by atoms with Gasteiger partial charge in [0.25, 0.3) is 0 Å². The summed E-state index contributed by atoms with van der Waals surface area (Å²) in [5, 5.41) is 0. The van der Waals surface area contributed by atoms with Crippen LogP contribution in [0.5, 0.6) is 0 Å². The van der Waals surface area contributed by atoms with Crippen molar-refractivity contribution in [3.63, 3.8) is 0 Å². The molecule has 3 aliphatic rings. The highest BCUT2D eigenvalue weighted by atomic mass is 35.5. The van der Waals surface area contributed by atoms with Crippen LogP contribution in [0, 0.1) is 5.41 Å². The molecule has 4 rings (SSSR count). The van der Waals surface area contributed by atoms with Gasteiger partial charge < -0.3 is 4.90 Å².